The Bertz CT molecular complexity index is 643. The van der Waals surface area contributed by atoms with Crippen molar-refractivity contribution in [1.82, 2.24) is 15.6 Å². The van der Waals surface area contributed by atoms with Gasteiger partial charge in [-0.05, 0) is 13.3 Å². The minimum Gasteiger partial charge on any atom is -0.385 e. The fourth-order valence-corrected chi connectivity index (χ4v) is 3.06. The molecule has 0 atom stereocenters. The Morgan fingerprint density at radius 3 is 2.60 bits per heavy atom. The van der Waals surface area contributed by atoms with Crippen LogP contribution in [-0.2, 0) is 11.2 Å². The molecule has 0 amide bonds. The highest BCUT2D eigenvalue weighted by Crippen LogP contribution is 2.24. The number of benzene rings is 1. The first-order valence-corrected chi connectivity index (χ1v) is 9.06. The number of thiazole rings is 1. The molecule has 0 unspecified atom stereocenters. The van der Waals surface area contributed by atoms with Gasteiger partial charge in [-0.1, -0.05) is 29.8 Å². The van der Waals surface area contributed by atoms with Gasteiger partial charge in [-0.25, -0.2) is 4.98 Å². The Morgan fingerprint density at radius 1 is 1.20 bits per heavy atom. The van der Waals surface area contributed by atoms with Gasteiger partial charge < -0.3 is 15.4 Å². The maximum Gasteiger partial charge on any atom is 0.190 e. The highest BCUT2D eigenvalue weighted by molar-refractivity contribution is 14.0. The van der Waals surface area contributed by atoms with Crippen LogP contribution in [0.2, 0.25) is 0 Å². The van der Waals surface area contributed by atoms with Crippen molar-refractivity contribution in [3.63, 3.8) is 0 Å². The average molecular weight is 474 g/mol. The SMILES string of the molecule is CN=C(NCCCOC)NCCc1csc(-c2ccc(C)cc2)n1.I. The molecule has 0 saturated carbocycles. The number of halogens is 1. The summed E-state index contributed by atoms with van der Waals surface area (Å²) in [5.41, 5.74) is 3.56. The van der Waals surface area contributed by atoms with Crippen molar-refractivity contribution < 1.29 is 4.74 Å². The van der Waals surface area contributed by atoms with Crippen LogP contribution < -0.4 is 10.6 Å². The van der Waals surface area contributed by atoms with Crippen LogP contribution in [0.15, 0.2) is 34.6 Å². The number of aryl methyl sites for hydroxylation is 1. The molecule has 138 valence electrons. The zero-order chi connectivity index (χ0) is 17.2. The third-order valence-corrected chi connectivity index (χ3v) is 4.51. The van der Waals surface area contributed by atoms with Crippen molar-refractivity contribution in [2.24, 2.45) is 4.99 Å². The molecule has 0 aliphatic carbocycles. The van der Waals surface area contributed by atoms with Crippen molar-refractivity contribution in [2.75, 3.05) is 33.9 Å². The van der Waals surface area contributed by atoms with Crippen LogP contribution in [0.4, 0.5) is 0 Å². The molecule has 7 heteroatoms. The minimum atomic E-state index is 0. The molecule has 0 radical (unpaired) electrons. The van der Waals surface area contributed by atoms with E-state index < -0.39 is 0 Å². The van der Waals surface area contributed by atoms with Gasteiger partial charge in [-0.15, -0.1) is 35.3 Å². The van der Waals surface area contributed by atoms with Gasteiger partial charge in [-0.3, -0.25) is 4.99 Å². The van der Waals surface area contributed by atoms with E-state index in [9.17, 15) is 0 Å². The Hall–Kier alpha value is -1.19. The molecule has 2 N–H and O–H groups in total. The summed E-state index contributed by atoms with van der Waals surface area (Å²) in [6, 6.07) is 8.50. The van der Waals surface area contributed by atoms with Gasteiger partial charge in [0.2, 0.25) is 0 Å². The van der Waals surface area contributed by atoms with Gasteiger partial charge in [-0.2, -0.15) is 0 Å². The second-order valence-corrected chi connectivity index (χ2v) is 6.39. The third-order valence-electron chi connectivity index (χ3n) is 3.57. The standard InChI is InChI=1S/C18H26N4OS.HI/c1-14-5-7-15(8-6-14)17-22-16(13-24-17)9-11-21-18(19-2)20-10-4-12-23-3;/h5-8,13H,4,9-12H2,1-3H3,(H2,19,20,21);1H. The molecule has 0 aliphatic rings. The topological polar surface area (TPSA) is 58.5 Å². The molecule has 0 fully saturated rings. The number of aliphatic imine (C=N–C) groups is 1. The summed E-state index contributed by atoms with van der Waals surface area (Å²) in [5.74, 6) is 0.820. The summed E-state index contributed by atoms with van der Waals surface area (Å²) >= 11 is 1.69. The molecule has 1 aromatic carbocycles. The molecule has 25 heavy (non-hydrogen) atoms. The summed E-state index contributed by atoms with van der Waals surface area (Å²) in [6.07, 6.45) is 1.84. The van der Waals surface area contributed by atoms with Crippen molar-refractivity contribution in [2.45, 2.75) is 19.8 Å². The van der Waals surface area contributed by atoms with Gasteiger partial charge in [0.05, 0.1) is 5.69 Å². The Morgan fingerprint density at radius 2 is 1.92 bits per heavy atom. The fraction of sp³-hybridized carbons (Fsp3) is 0.444. The number of guanidine groups is 1. The number of aromatic nitrogens is 1. The lowest BCUT2D eigenvalue weighted by atomic mass is 10.2. The van der Waals surface area contributed by atoms with Crippen LogP contribution in [0.1, 0.15) is 17.7 Å². The van der Waals surface area contributed by atoms with E-state index in [1.165, 1.54) is 11.1 Å². The number of rotatable bonds is 8. The zero-order valence-corrected chi connectivity index (χ0v) is 18.2. The summed E-state index contributed by atoms with van der Waals surface area (Å²) in [6.45, 7) is 4.51. The van der Waals surface area contributed by atoms with E-state index in [0.717, 1.165) is 49.2 Å². The lowest BCUT2D eigenvalue weighted by Crippen LogP contribution is -2.39. The van der Waals surface area contributed by atoms with Gasteiger partial charge >= 0.3 is 0 Å². The van der Waals surface area contributed by atoms with E-state index in [1.807, 2.05) is 0 Å². The number of hydrogen-bond acceptors (Lipinski definition) is 4. The first-order valence-electron chi connectivity index (χ1n) is 8.18. The van der Waals surface area contributed by atoms with Crippen LogP contribution >= 0.6 is 35.3 Å². The minimum absolute atomic E-state index is 0. The molecule has 0 saturated heterocycles. The van der Waals surface area contributed by atoms with Gasteiger partial charge in [0.15, 0.2) is 5.96 Å². The number of nitrogens with one attached hydrogen (secondary N) is 2. The highest BCUT2D eigenvalue weighted by Gasteiger charge is 2.05. The highest BCUT2D eigenvalue weighted by atomic mass is 127. The van der Waals surface area contributed by atoms with E-state index in [0.29, 0.717) is 0 Å². The second kappa shape index (κ2) is 12.2. The van der Waals surface area contributed by atoms with Crippen molar-refractivity contribution >= 4 is 41.3 Å². The maximum atomic E-state index is 5.03. The van der Waals surface area contributed by atoms with Crippen molar-refractivity contribution in [3.05, 3.63) is 40.9 Å². The van der Waals surface area contributed by atoms with E-state index in [4.69, 9.17) is 9.72 Å². The number of methoxy groups -OCH3 is 1. The number of nitrogens with zero attached hydrogens (tertiary/aromatic N) is 2. The van der Waals surface area contributed by atoms with E-state index in [-0.39, 0.29) is 24.0 Å². The van der Waals surface area contributed by atoms with E-state index in [2.05, 4.69) is 52.2 Å². The molecule has 1 heterocycles. The lowest BCUT2D eigenvalue weighted by molar-refractivity contribution is 0.195. The zero-order valence-electron chi connectivity index (χ0n) is 15.0. The van der Waals surface area contributed by atoms with Crippen molar-refractivity contribution in [3.8, 4) is 10.6 Å². The molecule has 1 aromatic heterocycles. The van der Waals surface area contributed by atoms with E-state index in [1.54, 1.807) is 25.5 Å². The molecule has 0 aliphatic heterocycles. The summed E-state index contributed by atoms with van der Waals surface area (Å²) < 4.78 is 5.03. The predicted octanol–water partition coefficient (Wildman–Crippen LogP) is 3.48. The predicted molar refractivity (Wildman–Crippen MR) is 117 cm³/mol. The molecule has 0 spiro atoms. The monoisotopic (exact) mass is 474 g/mol. The van der Waals surface area contributed by atoms with Crippen LogP contribution in [0.5, 0.6) is 0 Å². The Balaban J connectivity index is 0.00000312. The lowest BCUT2D eigenvalue weighted by Gasteiger charge is -2.10. The van der Waals surface area contributed by atoms with Crippen LogP contribution in [0.25, 0.3) is 10.6 Å². The number of ether oxygens (including phenoxy) is 1. The fourth-order valence-electron chi connectivity index (χ4n) is 2.20. The largest absolute Gasteiger partial charge is 0.385 e. The summed E-state index contributed by atoms with van der Waals surface area (Å²) in [7, 11) is 3.50. The van der Waals surface area contributed by atoms with Crippen LogP contribution in [0.3, 0.4) is 0 Å². The normalized spacial score (nSPS) is 11.1. The summed E-state index contributed by atoms with van der Waals surface area (Å²) in [5, 5.41) is 9.79. The summed E-state index contributed by atoms with van der Waals surface area (Å²) in [4.78, 5) is 8.93. The molecular formula is C18H27IN4OS. The van der Waals surface area contributed by atoms with Crippen LogP contribution in [-0.4, -0.2) is 44.8 Å². The third kappa shape index (κ3) is 7.70. The first-order chi connectivity index (χ1) is 11.7. The molecule has 2 aromatic rings. The Kier molecular flexibility index (Phi) is 10.7. The quantitative estimate of drug-likeness (QED) is 0.266. The van der Waals surface area contributed by atoms with E-state index >= 15 is 0 Å². The Labute approximate surface area is 171 Å². The molecule has 2 rings (SSSR count). The first kappa shape index (κ1) is 21.9. The smallest absolute Gasteiger partial charge is 0.190 e. The average Bonchev–Trinajstić information content (AvgIpc) is 3.06. The molecular weight excluding hydrogens is 447 g/mol. The van der Waals surface area contributed by atoms with Crippen LogP contribution in [0, 0.1) is 6.92 Å². The van der Waals surface area contributed by atoms with Gasteiger partial charge in [0.25, 0.3) is 0 Å². The molecule has 0 bridgehead atoms. The maximum absolute atomic E-state index is 5.03. The van der Waals surface area contributed by atoms with Crippen molar-refractivity contribution in [1.29, 1.82) is 0 Å². The second-order valence-electron chi connectivity index (χ2n) is 5.53. The molecule has 5 nitrogen and oxygen atoms in total. The van der Waals surface area contributed by atoms with Gasteiger partial charge in [0, 0.05) is 51.2 Å². The number of hydrogen-bond donors (Lipinski definition) is 2. The van der Waals surface area contributed by atoms with Gasteiger partial charge in [0.1, 0.15) is 5.01 Å².